The molecule has 0 aliphatic rings. The van der Waals surface area contributed by atoms with Gasteiger partial charge >= 0.3 is 0 Å². The summed E-state index contributed by atoms with van der Waals surface area (Å²) < 4.78 is 0. The van der Waals surface area contributed by atoms with Crippen LogP contribution in [0.2, 0.25) is 0 Å². The highest BCUT2D eigenvalue weighted by Crippen LogP contribution is 2.12. The van der Waals surface area contributed by atoms with Gasteiger partial charge in [-0.1, -0.05) is 6.07 Å². The Bertz CT molecular complexity index is 441. The van der Waals surface area contributed by atoms with Crippen LogP contribution >= 0.6 is 11.3 Å². The van der Waals surface area contributed by atoms with Crippen LogP contribution in [0.1, 0.15) is 16.4 Å². The first-order valence-corrected chi connectivity index (χ1v) is 6.11. The van der Waals surface area contributed by atoms with E-state index in [1.165, 1.54) is 0 Å². The van der Waals surface area contributed by atoms with Crippen LogP contribution in [0.4, 0.5) is 0 Å². The second-order valence-electron chi connectivity index (χ2n) is 3.77. The molecule has 0 spiro atoms. The van der Waals surface area contributed by atoms with Gasteiger partial charge in [-0.15, -0.1) is 11.3 Å². The molecule has 0 saturated heterocycles. The fourth-order valence-electron chi connectivity index (χ4n) is 1.53. The minimum Gasteiger partial charge on any atom is -0.392 e. The molecule has 0 aliphatic carbocycles. The van der Waals surface area contributed by atoms with Crippen LogP contribution in [0, 0.1) is 6.92 Å². The largest absolute Gasteiger partial charge is 0.392 e. The first-order chi connectivity index (χ1) is 7.74. The summed E-state index contributed by atoms with van der Waals surface area (Å²) >= 11 is 1.60. The van der Waals surface area contributed by atoms with Crippen molar-refractivity contribution in [1.29, 1.82) is 0 Å². The molecule has 0 aromatic carbocycles. The van der Waals surface area contributed by atoms with Crippen molar-refractivity contribution < 1.29 is 5.11 Å². The third-order valence-corrected chi connectivity index (χ3v) is 3.24. The van der Waals surface area contributed by atoms with E-state index in [0.29, 0.717) is 12.8 Å². The maximum atomic E-state index is 9.89. The molecule has 0 aliphatic heterocycles. The molecule has 1 atom stereocenters. The Morgan fingerprint density at radius 2 is 2.25 bits per heavy atom. The summed E-state index contributed by atoms with van der Waals surface area (Å²) in [5.41, 5.74) is 1.94. The minimum absolute atomic E-state index is 0.402. The molecule has 1 N–H and O–H groups in total. The van der Waals surface area contributed by atoms with Crippen molar-refractivity contribution in [3.05, 3.63) is 46.2 Å². The highest BCUT2D eigenvalue weighted by atomic mass is 32.1. The smallest absolute Gasteiger partial charge is 0.0954 e. The van der Waals surface area contributed by atoms with E-state index in [-0.39, 0.29) is 0 Å². The molecule has 4 heteroatoms. The Labute approximate surface area is 98.8 Å². The fraction of sp³-hybridized carbons (Fsp3) is 0.333. The zero-order valence-corrected chi connectivity index (χ0v) is 9.94. The van der Waals surface area contributed by atoms with Crippen molar-refractivity contribution in [2.45, 2.75) is 25.9 Å². The van der Waals surface area contributed by atoms with E-state index in [9.17, 15) is 5.11 Å². The van der Waals surface area contributed by atoms with E-state index in [0.717, 1.165) is 16.4 Å². The van der Waals surface area contributed by atoms with Crippen molar-refractivity contribution in [2.75, 3.05) is 0 Å². The van der Waals surface area contributed by atoms with E-state index in [2.05, 4.69) is 9.97 Å². The molecule has 1 unspecified atom stereocenters. The van der Waals surface area contributed by atoms with Gasteiger partial charge in [0.1, 0.15) is 0 Å². The van der Waals surface area contributed by atoms with E-state index >= 15 is 0 Å². The van der Waals surface area contributed by atoms with Crippen LogP contribution in [-0.4, -0.2) is 21.2 Å². The molecule has 0 amide bonds. The SMILES string of the molecule is Cc1csc(CC(O)Cc2ccccn2)n1. The van der Waals surface area contributed by atoms with Crippen molar-refractivity contribution in [1.82, 2.24) is 9.97 Å². The molecule has 0 radical (unpaired) electrons. The molecule has 0 fully saturated rings. The molecule has 84 valence electrons. The lowest BCUT2D eigenvalue weighted by Gasteiger charge is -2.07. The molecule has 2 rings (SSSR count). The first kappa shape index (κ1) is 11.2. The van der Waals surface area contributed by atoms with Gasteiger partial charge in [0.05, 0.1) is 11.1 Å². The summed E-state index contributed by atoms with van der Waals surface area (Å²) in [5.74, 6) is 0. The van der Waals surface area contributed by atoms with E-state index in [1.807, 2.05) is 30.5 Å². The van der Waals surface area contributed by atoms with Crippen LogP contribution in [0.15, 0.2) is 29.8 Å². The summed E-state index contributed by atoms with van der Waals surface area (Å²) in [7, 11) is 0. The highest BCUT2D eigenvalue weighted by molar-refractivity contribution is 7.09. The number of rotatable bonds is 4. The first-order valence-electron chi connectivity index (χ1n) is 5.23. The van der Waals surface area contributed by atoms with Gasteiger partial charge in [-0.2, -0.15) is 0 Å². The van der Waals surface area contributed by atoms with Crippen LogP contribution < -0.4 is 0 Å². The normalized spacial score (nSPS) is 12.6. The average Bonchev–Trinajstić information content (AvgIpc) is 2.65. The molecule has 3 nitrogen and oxygen atoms in total. The predicted octanol–water partition coefficient (Wildman–Crippen LogP) is 1.99. The molecule has 0 saturated carbocycles. The lowest BCUT2D eigenvalue weighted by atomic mass is 10.1. The second-order valence-corrected chi connectivity index (χ2v) is 4.71. The molecule has 0 bridgehead atoms. The predicted molar refractivity (Wildman–Crippen MR) is 64.5 cm³/mol. The van der Waals surface area contributed by atoms with Gasteiger partial charge in [0.25, 0.3) is 0 Å². The molecular weight excluding hydrogens is 220 g/mol. The maximum Gasteiger partial charge on any atom is 0.0954 e. The number of pyridine rings is 1. The summed E-state index contributed by atoms with van der Waals surface area (Å²) in [4.78, 5) is 8.52. The number of nitrogens with zero attached hydrogens (tertiary/aromatic N) is 2. The maximum absolute atomic E-state index is 9.89. The standard InChI is InChI=1S/C12H14N2OS/c1-9-8-16-12(14-9)7-11(15)6-10-4-2-3-5-13-10/h2-5,8,11,15H,6-7H2,1H3. The number of aryl methyl sites for hydroxylation is 1. The topological polar surface area (TPSA) is 46.0 Å². The van der Waals surface area contributed by atoms with Crippen LogP contribution in [-0.2, 0) is 12.8 Å². The number of aromatic nitrogens is 2. The quantitative estimate of drug-likeness (QED) is 0.880. The minimum atomic E-state index is -0.402. The zero-order chi connectivity index (χ0) is 11.4. The Morgan fingerprint density at radius 3 is 2.88 bits per heavy atom. The number of hydrogen-bond donors (Lipinski definition) is 1. The summed E-state index contributed by atoms with van der Waals surface area (Å²) in [6.45, 7) is 1.96. The van der Waals surface area contributed by atoms with Gasteiger partial charge in [-0.05, 0) is 19.1 Å². The molecular formula is C12H14N2OS. The Balaban J connectivity index is 1.92. The molecule has 2 aromatic rings. The van der Waals surface area contributed by atoms with Crippen LogP contribution in [0.5, 0.6) is 0 Å². The Kier molecular flexibility index (Phi) is 3.64. The third kappa shape index (κ3) is 3.12. The van der Waals surface area contributed by atoms with Crippen LogP contribution in [0.25, 0.3) is 0 Å². The number of hydrogen-bond acceptors (Lipinski definition) is 4. The van der Waals surface area contributed by atoms with E-state index in [1.54, 1.807) is 17.5 Å². The van der Waals surface area contributed by atoms with Gasteiger partial charge < -0.3 is 5.11 Å². The van der Waals surface area contributed by atoms with Gasteiger partial charge in [0, 0.05) is 35.8 Å². The Morgan fingerprint density at radius 1 is 1.38 bits per heavy atom. The van der Waals surface area contributed by atoms with Gasteiger partial charge in [-0.3, -0.25) is 4.98 Å². The van der Waals surface area contributed by atoms with E-state index < -0.39 is 6.10 Å². The molecule has 2 heterocycles. The highest BCUT2D eigenvalue weighted by Gasteiger charge is 2.09. The summed E-state index contributed by atoms with van der Waals surface area (Å²) in [6, 6.07) is 5.74. The number of thiazole rings is 1. The fourth-order valence-corrected chi connectivity index (χ4v) is 2.38. The summed E-state index contributed by atoms with van der Waals surface area (Å²) in [5, 5.41) is 12.9. The van der Waals surface area contributed by atoms with Gasteiger partial charge in [0.15, 0.2) is 0 Å². The monoisotopic (exact) mass is 234 g/mol. The van der Waals surface area contributed by atoms with Gasteiger partial charge in [-0.25, -0.2) is 4.98 Å². The van der Waals surface area contributed by atoms with Crippen molar-refractivity contribution >= 4 is 11.3 Å². The lowest BCUT2D eigenvalue weighted by Crippen LogP contribution is -2.14. The van der Waals surface area contributed by atoms with E-state index in [4.69, 9.17) is 0 Å². The number of aliphatic hydroxyl groups is 1. The summed E-state index contributed by atoms with van der Waals surface area (Å²) in [6.07, 6.45) is 2.53. The average molecular weight is 234 g/mol. The molecule has 2 aromatic heterocycles. The molecule has 16 heavy (non-hydrogen) atoms. The van der Waals surface area contributed by atoms with Crippen LogP contribution in [0.3, 0.4) is 0 Å². The van der Waals surface area contributed by atoms with Crippen molar-refractivity contribution in [2.24, 2.45) is 0 Å². The second kappa shape index (κ2) is 5.18. The lowest BCUT2D eigenvalue weighted by molar-refractivity contribution is 0.174. The zero-order valence-electron chi connectivity index (χ0n) is 9.13. The Hall–Kier alpha value is -1.26. The van der Waals surface area contributed by atoms with Crippen molar-refractivity contribution in [3.63, 3.8) is 0 Å². The van der Waals surface area contributed by atoms with Crippen molar-refractivity contribution in [3.8, 4) is 0 Å². The third-order valence-electron chi connectivity index (χ3n) is 2.25. The number of aliphatic hydroxyl groups excluding tert-OH is 1. The van der Waals surface area contributed by atoms with Gasteiger partial charge in [0.2, 0.25) is 0 Å².